The molecule has 1 aromatic carbocycles. The van der Waals surface area contributed by atoms with Gasteiger partial charge in [0.15, 0.2) is 0 Å². The number of nitrogens with zero attached hydrogens (tertiary/aromatic N) is 2. The molecule has 0 aliphatic carbocycles. The Balaban J connectivity index is 3.66. The van der Waals surface area contributed by atoms with Gasteiger partial charge in [0.1, 0.15) is 17.7 Å². The predicted molar refractivity (Wildman–Crippen MR) is 175 cm³/mol. The largest absolute Gasteiger partial charge is 0.463 e. The second kappa shape index (κ2) is 15.4. The van der Waals surface area contributed by atoms with Crippen molar-refractivity contribution in [3.05, 3.63) is 60.2 Å². The number of esters is 1. The second-order valence-corrected chi connectivity index (χ2v) is 13.8. The van der Waals surface area contributed by atoms with Gasteiger partial charge in [-0.2, -0.15) is 0 Å². The lowest BCUT2D eigenvalue weighted by Gasteiger charge is -2.42. The molecule has 44 heavy (non-hydrogen) atoms. The fraction of sp³-hybridized carbons (Fsp3) is 0.600. The number of likely N-dealkylation sites (N-methyl/N-ethyl adjacent to an activating group) is 2. The molecule has 1 rings (SSSR count). The molecule has 0 saturated heterocycles. The molecule has 0 aliphatic rings. The third-order valence-electron chi connectivity index (χ3n) is 7.82. The maximum atomic E-state index is 14.4. The van der Waals surface area contributed by atoms with E-state index in [1.165, 1.54) is 11.9 Å². The minimum Gasteiger partial charge on any atom is -0.463 e. The van der Waals surface area contributed by atoms with Crippen LogP contribution in [0.1, 0.15) is 81.7 Å². The lowest BCUT2D eigenvalue weighted by Crippen LogP contribution is -2.63. The number of amides is 3. The molecule has 1 unspecified atom stereocenters. The van der Waals surface area contributed by atoms with Gasteiger partial charge in [-0.1, -0.05) is 84.0 Å². The van der Waals surface area contributed by atoms with Crippen molar-refractivity contribution < 1.29 is 28.7 Å². The van der Waals surface area contributed by atoms with Crippen molar-refractivity contribution in [1.29, 1.82) is 0 Å². The van der Waals surface area contributed by atoms with Crippen LogP contribution in [0.15, 0.2) is 54.6 Å². The van der Waals surface area contributed by atoms with E-state index in [0.717, 1.165) is 5.56 Å². The highest BCUT2D eigenvalue weighted by Crippen LogP contribution is 2.32. The van der Waals surface area contributed by atoms with Crippen LogP contribution < -0.4 is 5.32 Å². The SMILES string of the molecule is C=CC(C)(C)C(NC(=O)[C@@H](N(C)C(=O)OC(C)(C)C)C(C)(C)c1ccccc1)C(=O)N(C)[C@H](/C=C(\C)C(=O)OCC)C(C)C. The van der Waals surface area contributed by atoms with Crippen LogP contribution in [0.5, 0.6) is 0 Å². The molecule has 0 saturated carbocycles. The van der Waals surface area contributed by atoms with Crippen molar-refractivity contribution in [2.45, 2.75) is 105 Å². The molecule has 9 heteroatoms. The van der Waals surface area contributed by atoms with Gasteiger partial charge in [-0.05, 0) is 46.1 Å². The fourth-order valence-corrected chi connectivity index (χ4v) is 5.03. The smallest absolute Gasteiger partial charge is 0.410 e. The first-order chi connectivity index (χ1) is 20.1. The van der Waals surface area contributed by atoms with Crippen LogP contribution in [0.3, 0.4) is 0 Å². The Labute approximate surface area is 265 Å². The Kier molecular flexibility index (Phi) is 13.4. The second-order valence-electron chi connectivity index (χ2n) is 13.8. The van der Waals surface area contributed by atoms with Crippen molar-refractivity contribution in [1.82, 2.24) is 15.1 Å². The molecule has 0 aromatic heterocycles. The maximum absolute atomic E-state index is 14.4. The summed E-state index contributed by atoms with van der Waals surface area (Å²) in [6.45, 7) is 24.1. The molecule has 3 amide bonds. The van der Waals surface area contributed by atoms with Crippen molar-refractivity contribution in [2.24, 2.45) is 11.3 Å². The minimum absolute atomic E-state index is 0.0559. The quantitative estimate of drug-likeness (QED) is 0.169. The summed E-state index contributed by atoms with van der Waals surface area (Å²) in [5.74, 6) is -1.40. The molecule has 246 valence electrons. The standard InChI is InChI=1S/C35H55N3O6/c1-15-34(9,10)27(30(40)37(13)26(23(3)4)22-24(5)31(41)43-16-2)36-29(39)28(38(14)32(42)44-33(6,7)8)35(11,12)25-20-18-17-19-21-25/h15,17-23,26-28H,1,16H2,2-14H3,(H,36,39)/b24-22+/t26-,27?,28-/m1/s1. The first-order valence-electron chi connectivity index (χ1n) is 15.2. The molecule has 3 atom stereocenters. The van der Waals surface area contributed by atoms with E-state index in [2.05, 4.69) is 11.9 Å². The molecule has 1 N–H and O–H groups in total. The highest BCUT2D eigenvalue weighted by Gasteiger charge is 2.46. The number of carbonyl (C=O) groups is 4. The number of ether oxygens (including phenoxy) is 2. The van der Waals surface area contributed by atoms with Crippen LogP contribution >= 0.6 is 0 Å². The minimum atomic E-state index is -1.05. The molecule has 0 radical (unpaired) electrons. The van der Waals surface area contributed by atoms with Crippen molar-refractivity contribution in [2.75, 3.05) is 20.7 Å². The van der Waals surface area contributed by atoms with Gasteiger partial charge in [0.05, 0.1) is 12.6 Å². The summed E-state index contributed by atoms with van der Waals surface area (Å²) in [5, 5.41) is 2.99. The predicted octanol–water partition coefficient (Wildman–Crippen LogP) is 5.89. The van der Waals surface area contributed by atoms with Gasteiger partial charge in [-0.3, -0.25) is 14.5 Å². The van der Waals surface area contributed by atoms with Gasteiger partial charge in [0.25, 0.3) is 0 Å². The number of carbonyl (C=O) groups excluding carboxylic acids is 4. The topological polar surface area (TPSA) is 105 Å². The first-order valence-corrected chi connectivity index (χ1v) is 15.2. The van der Waals surface area contributed by atoms with Crippen molar-refractivity contribution in [3.63, 3.8) is 0 Å². The van der Waals surface area contributed by atoms with Gasteiger partial charge in [-0.15, -0.1) is 6.58 Å². The zero-order valence-electron chi connectivity index (χ0n) is 29.1. The highest BCUT2D eigenvalue weighted by molar-refractivity contribution is 5.93. The molecular formula is C35H55N3O6. The number of hydrogen-bond donors (Lipinski definition) is 1. The first kappa shape index (κ1) is 38.4. The molecular weight excluding hydrogens is 558 g/mol. The average molecular weight is 614 g/mol. The molecule has 9 nitrogen and oxygen atoms in total. The van der Waals surface area contributed by atoms with Gasteiger partial charge < -0.3 is 19.7 Å². The molecule has 1 aromatic rings. The van der Waals surface area contributed by atoms with E-state index in [0.29, 0.717) is 5.57 Å². The lowest BCUT2D eigenvalue weighted by atomic mass is 9.76. The van der Waals surface area contributed by atoms with Crippen LogP contribution in [0, 0.1) is 11.3 Å². The number of nitrogens with one attached hydrogen (secondary N) is 1. The summed E-state index contributed by atoms with van der Waals surface area (Å²) < 4.78 is 10.8. The monoisotopic (exact) mass is 613 g/mol. The third kappa shape index (κ3) is 9.96. The fourth-order valence-electron chi connectivity index (χ4n) is 5.03. The number of benzene rings is 1. The Morgan fingerprint density at radius 1 is 0.955 bits per heavy atom. The Morgan fingerprint density at radius 3 is 1.95 bits per heavy atom. The van der Waals surface area contributed by atoms with E-state index in [1.54, 1.807) is 58.7 Å². The van der Waals surface area contributed by atoms with Gasteiger partial charge >= 0.3 is 12.1 Å². The summed E-state index contributed by atoms with van der Waals surface area (Å²) >= 11 is 0. The van der Waals surface area contributed by atoms with Crippen LogP contribution in [0.4, 0.5) is 4.79 Å². The zero-order chi connectivity index (χ0) is 34.2. The lowest BCUT2D eigenvalue weighted by molar-refractivity contribution is -0.141. The Hall–Kier alpha value is -3.62. The molecule has 0 aliphatic heterocycles. The van der Waals surface area contributed by atoms with Gasteiger partial charge in [0, 0.05) is 30.5 Å². The molecule has 0 bridgehead atoms. The molecule has 0 fully saturated rings. The number of hydrogen-bond acceptors (Lipinski definition) is 6. The maximum Gasteiger partial charge on any atom is 0.410 e. The number of rotatable bonds is 13. The molecule has 0 heterocycles. The van der Waals surface area contributed by atoms with E-state index in [4.69, 9.17) is 9.47 Å². The normalized spacial score (nSPS) is 14.6. The van der Waals surface area contributed by atoms with E-state index >= 15 is 0 Å². The Morgan fingerprint density at radius 2 is 1.50 bits per heavy atom. The third-order valence-corrected chi connectivity index (χ3v) is 7.82. The van der Waals surface area contributed by atoms with Crippen LogP contribution in [-0.4, -0.2) is 78.1 Å². The van der Waals surface area contributed by atoms with E-state index in [1.807, 2.05) is 71.9 Å². The summed E-state index contributed by atoms with van der Waals surface area (Å²) in [7, 11) is 3.18. The van der Waals surface area contributed by atoms with Crippen molar-refractivity contribution in [3.8, 4) is 0 Å². The summed E-state index contributed by atoms with van der Waals surface area (Å²) in [6, 6.07) is 6.88. The summed E-state index contributed by atoms with van der Waals surface area (Å²) in [4.78, 5) is 57.1. The van der Waals surface area contributed by atoms with Crippen LogP contribution in [0.2, 0.25) is 0 Å². The highest BCUT2D eigenvalue weighted by atomic mass is 16.6. The van der Waals surface area contributed by atoms with Crippen LogP contribution in [-0.2, 0) is 29.3 Å². The Bertz CT molecular complexity index is 1200. The van der Waals surface area contributed by atoms with Crippen LogP contribution in [0.25, 0.3) is 0 Å². The van der Waals surface area contributed by atoms with E-state index in [9.17, 15) is 19.2 Å². The average Bonchev–Trinajstić information content (AvgIpc) is 2.93. The summed E-state index contributed by atoms with van der Waals surface area (Å²) in [6.07, 6.45) is 2.68. The van der Waals surface area contributed by atoms with E-state index in [-0.39, 0.29) is 18.4 Å². The van der Waals surface area contributed by atoms with Gasteiger partial charge in [-0.25, -0.2) is 9.59 Å². The van der Waals surface area contributed by atoms with Gasteiger partial charge in [0.2, 0.25) is 11.8 Å². The summed E-state index contributed by atoms with van der Waals surface area (Å²) in [5.41, 5.74) is -1.32. The van der Waals surface area contributed by atoms with E-state index < -0.39 is 52.5 Å². The molecule has 0 spiro atoms. The van der Waals surface area contributed by atoms with Crippen molar-refractivity contribution >= 4 is 23.9 Å². The zero-order valence-corrected chi connectivity index (χ0v) is 29.1.